The number of fused-ring (bicyclic) bond motifs is 3. The molecule has 1 aliphatic rings. The zero-order chi connectivity index (χ0) is 27.5. The maximum absolute atomic E-state index is 13.7. The number of nitrogens with zero attached hydrogens (tertiary/aromatic N) is 6. The van der Waals surface area contributed by atoms with Gasteiger partial charge in [0.2, 0.25) is 14.9 Å². The van der Waals surface area contributed by atoms with Crippen molar-refractivity contribution in [2.24, 2.45) is 0 Å². The van der Waals surface area contributed by atoms with E-state index in [0.29, 0.717) is 16.4 Å². The first-order valence-electron chi connectivity index (χ1n) is 12.9. The SMILES string of the molecule is Cc1ccc(N2CCN(c3nc4c(S(=O)(=O)c5ccc(C)c(C)c5)nnn4c4ccc(Cl)cc34)CC2)c(C)c1. The summed E-state index contributed by atoms with van der Waals surface area (Å²) in [6.07, 6.45) is 0. The van der Waals surface area contributed by atoms with Crippen LogP contribution >= 0.6 is 11.6 Å². The van der Waals surface area contributed by atoms with Crippen LogP contribution in [-0.4, -0.2) is 54.4 Å². The van der Waals surface area contributed by atoms with E-state index in [-0.39, 0.29) is 15.6 Å². The number of aromatic nitrogens is 4. The Balaban J connectivity index is 1.44. The smallest absolute Gasteiger partial charge is 0.229 e. The van der Waals surface area contributed by atoms with Crippen LogP contribution in [0.4, 0.5) is 11.5 Å². The fourth-order valence-electron chi connectivity index (χ4n) is 5.28. The Hall–Kier alpha value is -3.69. The molecule has 10 heteroatoms. The van der Waals surface area contributed by atoms with E-state index in [9.17, 15) is 8.42 Å². The largest absolute Gasteiger partial charge is 0.368 e. The lowest BCUT2D eigenvalue weighted by molar-refractivity contribution is 0.592. The van der Waals surface area contributed by atoms with E-state index in [4.69, 9.17) is 16.6 Å². The monoisotopic (exact) mass is 560 g/mol. The van der Waals surface area contributed by atoms with E-state index < -0.39 is 9.84 Å². The number of benzene rings is 3. The van der Waals surface area contributed by atoms with E-state index in [0.717, 1.165) is 42.7 Å². The number of hydrogen-bond donors (Lipinski definition) is 0. The number of anilines is 2. The molecule has 8 nitrogen and oxygen atoms in total. The van der Waals surface area contributed by atoms with Crippen LogP contribution in [0, 0.1) is 27.7 Å². The molecular formula is C29H29ClN6O2S. The highest BCUT2D eigenvalue weighted by atomic mass is 35.5. The van der Waals surface area contributed by atoms with Gasteiger partial charge in [-0.2, -0.15) is 4.52 Å². The molecule has 1 aliphatic heterocycles. The van der Waals surface area contributed by atoms with E-state index in [2.05, 4.69) is 52.2 Å². The molecule has 1 fully saturated rings. The third-order valence-electron chi connectivity index (χ3n) is 7.57. The molecule has 0 radical (unpaired) electrons. The molecule has 0 aliphatic carbocycles. The number of sulfone groups is 1. The minimum Gasteiger partial charge on any atom is -0.368 e. The Labute approximate surface area is 232 Å². The predicted octanol–water partition coefficient (Wildman–Crippen LogP) is 5.32. The highest BCUT2D eigenvalue weighted by Gasteiger charge is 2.29. The Morgan fingerprint density at radius 1 is 0.795 bits per heavy atom. The first kappa shape index (κ1) is 25.6. The number of rotatable bonds is 4. The maximum atomic E-state index is 13.7. The molecule has 6 rings (SSSR count). The van der Waals surface area contributed by atoms with Crippen molar-refractivity contribution in [1.82, 2.24) is 19.8 Å². The normalized spacial score (nSPS) is 14.5. The van der Waals surface area contributed by atoms with Gasteiger partial charge < -0.3 is 9.80 Å². The van der Waals surface area contributed by atoms with E-state index in [1.807, 2.05) is 26.0 Å². The molecule has 0 amide bonds. The maximum Gasteiger partial charge on any atom is 0.229 e. The summed E-state index contributed by atoms with van der Waals surface area (Å²) in [7, 11) is -3.95. The van der Waals surface area contributed by atoms with Gasteiger partial charge in [-0.15, -0.1) is 5.10 Å². The van der Waals surface area contributed by atoms with Crippen molar-refractivity contribution >= 4 is 49.5 Å². The van der Waals surface area contributed by atoms with Crippen molar-refractivity contribution < 1.29 is 8.42 Å². The van der Waals surface area contributed by atoms with Gasteiger partial charge >= 0.3 is 0 Å². The Morgan fingerprint density at radius 2 is 1.54 bits per heavy atom. The van der Waals surface area contributed by atoms with Gasteiger partial charge in [0, 0.05) is 42.3 Å². The molecule has 3 aromatic carbocycles. The zero-order valence-corrected chi connectivity index (χ0v) is 23.9. The second-order valence-electron chi connectivity index (χ2n) is 10.2. The fourth-order valence-corrected chi connectivity index (χ4v) is 6.77. The average molecular weight is 561 g/mol. The Kier molecular flexibility index (Phi) is 6.23. The molecule has 1 saturated heterocycles. The van der Waals surface area contributed by atoms with Crippen molar-refractivity contribution in [3.8, 4) is 0 Å². The topological polar surface area (TPSA) is 83.7 Å². The lowest BCUT2D eigenvalue weighted by Crippen LogP contribution is -2.47. The van der Waals surface area contributed by atoms with Crippen LogP contribution in [0.15, 0.2) is 64.5 Å². The Bertz CT molecular complexity index is 1860. The highest BCUT2D eigenvalue weighted by molar-refractivity contribution is 7.91. The van der Waals surface area contributed by atoms with Crippen molar-refractivity contribution in [1.29, 1.82) is 0 Å². The quantitative estimate of drug-likeness (QED) is 0.294. The third-order valence-corrected chi connectivity index (χ3v) is 9.45. The molecule has 0 bridgehead atoms. The minimum atomic E-state index is -3.95. The minimum absolute atomic E-state index is 0.155. The summed E-state index contributed by atoms with van der Waals surface area (Å²) < 4.78 is 28.9. The van der Waals surface area contributed by atoms with E-state index >= 15 is 0 Å². The molecular weight excluding hydrogens is 532 g/mol. The summed E-state index contributed by atoms with van der Waals surface area (Å²) in [5.74, 6) is 0.680. The summed E-state index contributed by atoms with van der Waals surface area (Å²) in [5, 5.41) is 9.56. The second-order valence-corrected chi connectivity index (χ2v) is 12.5. The van der Waals surface area contributed by atoms with Crippen LogP contribution in [0.1, 0.15) is 22.3 Å². The highest BCUT2D eigenvalue weighted by Crippen LogP contribution is 2.33. The molecule has 0 unspecified atom stereocenters. The fraction of sp³-hybridized carbons (Fsp3) is 0.276. The van der Waals surface area contributed by atoms with Crippen molar-refractivity contribution in [3.05, 3.63) is 81.9 Å². The van der Waals surface area contributed by atoms with Crippen LogP contribution in [-0.2, 0) is 9.84 Å². The summed E-state index contributed by atoms with van der Waals surface area (Å²) in [5.41, 5.74) is 6.55. The van der Waals surface area contributed by atoms with Gasteiger partial charge in [-0.05, 0) is 80.8 Å². The van der Waals surface area contributed by atoms with Gasteiger partial charge in [-0.3, -0.25) is 0 Å². The molecule has 39 heavy (non-hydrogen) atoms. The van der Waals surface area contributed by atoms with Crippen LogP contribution in [0.5, 0.6) is 0 Å². The molecule has 3 heterocycles. The van der Waals surface area contributed by atoms with Crippen LogP contribution < -0.4 is 9.80 Å². The molecule has 0 atom stereocenters. The molecule has 5 aromatic rings. The zero-order valence-electron chi connectivity index (χ0n) is 22.3. The number of piperazine rings is 1. The van der Waals surface area contributed by atoms with Crippen molar-refractivity contribution in [2.45, 2.75) is 37.6 Å². The van der Waals surface area contributed by atoms with Gasteiger partial charge in [0.05, 0.1) is 10.4 Å². The van der Waals surface area contributed by atoms with E-state index in [1.165, 1.54) is 21.3 Å². The summed E-state index contributed by atoms with van der Waals surface area (Å²) >= 11 is 6.40. The van der Waals surface area contributed by atoms with Gasteiger partial charge in [0.25, 0.3) is 0 Å². The first-order valence-corrected chi connectivity index (χ1v) is 14.7. The van der Waals surface area contributed by atoms with Gasteiger partial charge in [0.1, 0.15) is 5.82 Å². The average Bonchev–Trinajstić information content (AvgIpc) is 3.35. The molecule has 200 valence electrons. The van der Waals surface area contributed by atoms with Crippen molar-refractivity contribution in [3.63, 3.8) is 0 Å². The first-order chi connectivity index (χ1) is 18.6. The number of hydrogen-bond acceptors (Lipinski definition) is 7. The van der Waals surface area contributed by atoms with Crippen LogP contribution in [0.2, 0.25) is 5.02 Å². The number of aryl methyl sites for hydroxylation is 4. The summed E-state index contributed by atoms with van der Waals surface area (Å²) in [6, 6.07) is 17.1. The van der Waals surface area contributed by atoms with Gasteiger partial charge in [-0.1, -0.05) is 40.6 Å². The van der Waals surface area contributed by atoms with Gasteiger partial charge in [-0.25, -0.2) is 13.4 Å². The van der Waals surface area contributed by atoms with Gasteiger partial charge in [0.15, 0.2) is 5.65 Å². The lowest BCUT2D eigenvalue weighted by Gasteiger charge is -2.37. The third kappa shape index (κ3) is 4.39. The lowest BCUT2D eigenvalue weighted by atomic mass is 10.1. The predicted molar refractivity (Wildman–Crippen MR) is 155 cm³/mol. The summed E-state index contributed by atoms with van der Waals surface area (Å²) in [4.78, 5) is 9.65. The van der Waals surface area contributed by atoms with Crippen molar-refractivity contribution in [2.75, 3.05) is 36.0 Å². The Morgan fingerprint density at radius 3 is 2.26 bits per heavy atom. The second kappa shape index (κ2) is 9.50. The van der Waals surface area contributed by atoms with Crippen LogP contribution in [0.25, 0.3) is 16.6 Å². The molecule has 0 saturated carbocycles. The molecule has 2 aromatic heterocycles. The van der Waals surface area contributed by atoms with Crippen LogP contribution in [0.3, 0.4) is 0 Å². The van der Waals surface area contributed by atoms with E-state index in [1.54, 1.807) is 24.3 Å². The molecule has 0 spiro atoms. The molecule has 0 N–H and O–H groups in total. The standard InChI is InChI=1S/C29H29ClN6O2S/c1-18-5-9-25(21(4)15-18)34-11-13-35(14-12-34)27-24-17-22(30)7-10-26(24)36-28(31-27)29(32-33-36)39(37,38)23-8-6-19(2)20(3)16-23/h5-10,15-17H,11-14H2,1-4H3. The summed E-state index contributed by atoms with van der Waals surface area (Å²) in [6.45, 7) is 11.1. The number of halogens is 1.